The van der Waals surface area contributed by atoms with Crippen LogP contribution in [-0.4, -0.2) is 21.1 Å². The minimum Gasteiger partial charge on any atom is -0.480 e. The molecule has 0 atom stereocenters. The number of hydrogen-bond donors (Lipinski definition) is 2. The third-order valence-corrected chi connectivity index (χ3v) is 4.33. The Morgan fingerprint density at radius 3 is 2.57 bits per heavy atom. The van der Waals surface area contributed by atoms with E-state index in [1.165, 1.54) is 11.3 Å². The fourth-order valence-corrected chi connectivity index (χ4v) is 3.21. The highest BCUT2D eigenvalue weighted by Gasteiger charge is 2.17. The lowest BCUT2D eigenvalue weighted by atomic mass is 10.2. The van der Waals surface area contributed by atoms with Crippen LogP contribution in [0.3, 0.4) is 0 Å². The molecule has 5 nitrogen and oxygen atoms in total. The van der Waals surface area contributed by atoms with Gasteiger partial charge in [-0.2, -0.15) is 0 Å². The first kappa shape index (κ1) is 14.2. The number of thiazole rings is 1. The van der Waals surface area contributed by atoms with E-state index in [9.17, 15) is 4.57 Å². The number of benzene rings is 2. The van der Waals surface area contributed by atoms with Crippen LogP contribution in [0.2, 0.25) is 0 Å². The van der Waals surface area contributed by atoms with Gasteiger partial charge in [0.15, 0.2) is 6.35 Å². The monoisotopic (exact) mass is 321 g/mol. The SMILES string of the molecule is O=P(O)(O)COc1ccccc1-c1nc2ccccc2s1. The molecule has 21 heavy (non-hydrogen) atoms. The minimum absolute atomic E-state index is 0.417. The summed E-state index contributed by atoms with van der Waals surface area (Å²) >= 11 is 1.51. The maximum absolute atomic E-state index is 10.9. The van der Waals surface area contributed by atoms with Gasteiger partial charge in [0, 0.05) is 0 Å². The Morgan fingerprint density at radius 1 is 1.10 bits per heavy atom. The van der Waals surface area contributed by atoms with Crippen molar-refractivity contribution >= 4 is 29.1 Å². The first-order chi connectivity index (χ1) is 10.0. The van der Waals surface area contributed by atoms with Crippen molar-refractivity contribution in [1.29, 1.82) is 0 Å². The molecule has 0 bridgehead atoms. The maximum atomic E-state index is 10.9. The molecule has 0 saturated heterocycles. The van der Waals surface area contributed by atoms with Gasteiger partial charge in [0.05, 0.1) is 15.8 Å². The molecule has 2 N–H and O–H groups in total. The van der Waals surface area contributed by atoms with Gasteiger partial charge in [0.2, 0.25) is 0 Å². The number of fused-ring (bicyclic) bond motifs is 1. The highest BCUT2D eigenvalue weighted by molar-refractivity contribution is 7.51. The third-order valence-electron chi connectivity index (χ3n) is 2.80. The van der Waals surface area contributed by atoms with E-state index in [1.54, 1.807) is 12.1 Å². The molecule has 0 aliphatic rings. The van der Waals surface area contributed by atoms with Gasteiger partial charge < -0.3 is 14.5 Å². The lowest BCUT2D eigenvalue weighted by molar-refractivity contribution is 0.301. The third kappa shape index (κ3) is 3.31. The number of nitrogens with zero attached hydrogens (tertiary/aromatic N) is 1. The lowest BCUT2D eigenvalue weighted by Crippen LogP contribution is -1.99. The first-order valence-electron chi connectivity index (χ1n) is 6.15. The normalized spacial score (nSPS) is 11.7. The van der Waals surface area contributed by atoms with Gasteiger partial charge in [-0.1, -0.05) is 24.3 Å². The maximum Gasteiger partial charge on any atom is 0.362 e. The van der Waals surface area contributed by atoms with Crippen LogP contribution >= 0.6 is 18.9 Å². The zero-order chi connectivity index (χ0) is 14.9. The average Bonchev–Trinajstić information content (AvgIpc) is 2.88. The van der Waals surface area contributed by atoms with E-state index in [1.807, 2.05) is 36.4 Å². The number of para-hydroxylation sites is 2. The number of hydrogen-bond acceptors (Lipinski definition) is 4. The van der Waals surface area contributed by atoms with Gasteiger partial charge >= 0.3 is 7.60 Å². The van der Waals surface area contributed by atoms with Gasteiger partial charge in [-0.25, -0.2) is 4.98 Å². The topological polar surface area (TPSA) is 79.7 Å². The van der Waals surface area contributed by atoms with Crippen LogP contribution in [0.4, 0.5) is 0 Å². The summed E-state index contributed by atoms with van der Waals surface area (Å²) in [4.78, 5) is 22.4. The molecule has 0 radical (unpaired) electrons. The summed E-state index contributed by atoms with van der Waals surface area (Å²) in [6, 6.07) is 14.9. The molecule has 0 aliphatic heterocycles. The number of rotatable bonds is 4. The summed E-state index contributed by atoms with van der Waals surface area (Å²) in [5, 5.41) is 0.762. The van der Waals surface area contributed by atoms with Crippen molar-refractivity contribution in [3.63, 3.8) is 0 Å². The Balaban J connectivity index is 1.99. The van der Waals surface area contributed by atoms with Gasteiger partial charge in [0.1, 0.15) is 10.8 Å². The van der Waals surface area contributed by atoms with E-state index < -0.39 is 13.9 Å². The Morgan fingerprint density at radius 2 is 1.81 bits per heavy atom. The summed E-state index contributed by atoms with van der Waals surface area (Å²) in [6.45, 7) is 0. The van der Waals surface area contributed by atoms with Crippen LogP contribution in [0.15, 0.2) is 48.5 Å². The Labute approximate surface area is 125 Å². The number of aromatic nitrogens is 1. The summed E-state index contributed by atoms with van der Waals surface area (Å²) in [5.74, 6) is 0.417. The van der Waals surface area contributed by atoms with Gasteiger partial charge in [-0.05, 0) is 24.3 Å². The highest BCUT2D eigenvalue weighted by Crippen LogP contribution is 2.39. The van der Waals surface area contributed by atoms with E-state index in [2.05, 4.69) is 4.98 Å². The standard InChI is InChI=1S/C14H12NO4PS/c16-20(17,18)9-19-12-7-3-1-5-10(12)14-15-11-6-2-4-8-13(11)21-14/h1-8H,9H2,(H2,16,17,18). The second kappa shape index (κ2) is 5.58. The summed E-state index contributed by atoms with van der Waals surface area (Å²) in [5.41, 5.74) is 1.62. The lowest BCUT2D eigenvalue weighted by Gasteiger charge is -2.10. The Kier molecular flexibility index (Phi) is 3.78. The first-order valence-corrected chi connectivity index (χ1v) is 8.77. The van der Waals surface area contributed by atoms with E-state index >= 15 is 0 Å². The molecular weight excluding hydrogens is 309 g/mol. The van der Waals surface area contributed by atoms with Crippen LogP contribution in [0.25, 0.3) is 20.8 Å². The molecule has 0 amide bonds. The predicted molar refractivity (Wildman–Crippen MR) is 82.6 cm³/mol. The fourth-order valence-electron chi connectivity index (χ4n) is 1.91. The minimum atomic E-state index is -4.21. The van der Waals surface area contributed by atoms with Crippen molar-refractivity contribution in [3.8, 4) is 16.3 Å². The molecule has 0 spiro atoms. The van der Waals surface area contributed by atoms with Gasteiger partial charge in [-0.15, -0.1) is 11.3 Å². The van der Waals surface area contributed by atoms with Crippen molar-refractivity contribution in [3.05, 3.63) is 48.5 Å². The van der Waals surface area contributed by atoms with Crippen LogP contribution < -0.4 is 4.74 Å². The van der Waals surface area contributed by atoms with Crippen LogP contribution in [0, 0.1) is 0 Å². The summed E-state index contributed by atoms with van der Waals surface area (Å²) < 4.78 is 17.3. The molecule has 2 aromatic carbocycles. The van der Waals surface area contributed by atoms with Crippen molar-refractivity contribution in [2.45, 2.75) is 0 Å². The Bertz CT molecular complexity index is 793. The number of ether oxygens (including phenoxy) is 1. The Hall–Kier alpha value is -1.72. The molecule has 0 saturated carbocycles. The largest absolute Gasteiger partial charge is 0.480 e. The molecule has 7 heteroatoms. The van der Waals surface area contributed by atoms with E-state index in [-0.39, 0.29) is 0 Å². The van der Waals surface area contributed by atoms with E-state index in [4.69, 9.17) is 14.5 Å². The van der Waals surface area contributed by atoms with Crippen LogP contribution in [-0.2, 0) is 4.57 Å². The fraction of sp³-hybridized carbons (Fsp3) is 0.0714. The quantitative estimate of drug-likeness (QED) is 0.719. The van der Waals surface area contributed by atoms with Gasteiger partial charge in [-0.3, -0.25) is 4.57 Å². The molecule has 0 unspecified atom stereocenters. The molecule has 0 aliphatic carbocycles. The zero-order valence-electron chi connectivity index (χ0n) is 10.8. The molecule has 1 heterocycles. The van der Waals surface area contributed by atoms with Crippen molar-refractivity contribution in [2.75, 3.05) is 6.35 Å². The second-order valence-electron chi connectivity index (χ2n) is 4.42. The molecular formula is C14H12NO4PS. The molecule has 108 valence electrons. The average molecular weight is 321 g/mol. The molecule has 1 aromatic heterocycles. The van der Waals surface area contributed by atoms with Crippen LogP contribution in [0.1, 0.15) is 0 Å². The molecule has 3 rings (SSSR count). The van der Waals surface area contributed by atoms with E-state index in [0.29, 0.717) is 5.75 Å². The van der Waals surface area contributed by atoms with Gasteiger partial charge in [0.25, 0.3) is 0 Å². The zero-order valence-corrected chi connectivity index (χ0v) is 12.6. The van der Waals surface area contributed by atoms with Crippen molar-refractivity contribution in [1.82, 2.24) is 4.98 Å². The summed E-state index contributed by atoms with van der Waals surface area (Å²) in [7, 11) is -4.21. The smallest absolute Gasteiger partial charge is 0.362 e. The van der Waals surface area contributed by atoms with E-state index in [0.717, 1.165) is 20.8 Å². The van der Waals surface area contributed by atoms with Crippen molar-refractivity contribution < 1.29 is 19.1 Å². The highest BCUT2D eigenvalue weighted by atomic mass is 32.1. The van der Waals surface area contributed by atoms with Crippen LogP contribution in [0.5, 0.6) is 5.75 Å². The second-order valence-corrected chi connectivity index (χ2v) is 7.04. The predicted octanol–water partition coefficient (Wildman–Crippen LogP) is 3.48. The molecule has 0 fully saturated rings. The van der Waals surface area contributed by atoms with Crippen molar-refractivity contribution in [2.24, 2.45) is 0 Å². The summed E-state index contributed by atoms with van der Waals surface area (Å²) in [6.07, 6.45) is -0.644. The molecule has 3 aromatic rings.